The highest BCUT2D eigenvalue weighted by Gasteiger charge is 2.30. The maximum atomic E-state index is 11.9. The molecule has 2 aromatic rings. The monoisotopic (exact) mass is 312 g/mol. The molecule has 0 aliphatic carbocycles. The number of amides is 1. The molecule has 1 aliphatic rings. The van der Waals surface area contributed by atoms with E-state index >= 15 is 0 Å². The van der Waals surface area contributed by atoms with Crippen molar-refractivity contribution < 1.29 is 4.79 Å². The Labute approximate surface area is 126 Å². The molecule has 5 nitrogen and oxygen atoms in total. The number of aromatic nitrogens is 2. The third-order valence-electron chi connectivity index (χ3n) is 3.75. The van der Waals surface area contributed by atoms with Crippen LogP contribution >= 0.6 is 23.2 Å². The fourth-order valence-electron chi connectivity index (χ4n) is 2.77. The summed E-state index contributed by atoms with van der Waals surface area (Å²) in [5.74, 6) is -0.0573. The number of carbonyl (C=O) groups is 1. The summed E-state index contributed by atoms with van der Waals surface area (Å²) in [5, 5.41) is 6.38. The van der Waals surface area contributed by atoms with Crippen molar-refractivity contribution in [2.45, 2.75) is 19.5 Å². The molecule has 1 unspecified atom stereocenters. The number of hydrogen-bond donors (Lipinski definition) is 1. The molecule has 2 heterocycles. The third-order valence-corrected chi connectivity index (χ3v) is 4.55. The highest BCUT2D eigenvalue weighted by molar-refractivity contribution is 6.45. The molecule has 20 heavy (non-hydrogen) atoms. The maximum Gasteiger partial charge on any atom is 0.236 e. The lowest BCUT2D eigenvalue weighted by Crippen LogP contribution is -2.43. The van der Waals surface area contributed by atoms with E-state index in [1.807, 2.05) is 17.7 Å². The van der Waals surface area contributed by atoms with Gasteiger partial charge in [0.05, 0.1) is 34.9 Å². The minimum Gasteiger partial charge on any atom is -0.331 e. The van der Waals surface area contributed by atoms with Gasteiger partial charge in [-0.1, -0.05) is 23.2 Å². The highest BCUT2D eigenvalue weighted by Crippen LogP contribution is 2.36. The van der Waals surface area contributed by atoms with Crippen LogP contribution in [0.25, 0.3) is 10.9 Å². The van der Waals surface area contributed by atoms with E-state index < -0.39 is 0 Å². The van der Waals surface area contributed by atoms with Crippen LogP contribution in [0.5, 0.6) is 0 Å². The van der Waals surface area contributed by atoms with Gasteiger partial charge in [-0.15, -0.1) is 0 Å². The number of benzene rings is 1. The van der Waals surface area contributed by atoms with Gasteiger partial charge in [0, 0.05) is 11.9 Å². The second-order valence-corrected chi connectivity index (χ2v) is 5.62. The lowest BCUT2D eigenvalue weighted by atomic mass is 10.1. The molecule has 0 saturated heterocycles. The zero-order valence-electron chi connectivity index (χ0n) is 10.9. The van der Waals surface area contributed by atoms with Gasteiger partial charge in [0.1, 0.15) is 5.52 Å². The summed E-state index contributed by atoms with van der Waals surface area (Å²) < 4.78 is 1.90. The first-order valence-electron chi connectivity index (χ1n) is 6.38. The number of fused-ring (bicyclic) bond motifs is 3. The van der Waals surface area contributed by atoms with Crippen molar-refractivity contribution in [1.29, 1.82) is 0 Å². The Bertz CT molecular complexity index is 697. The van der Waals surface area contributed by atoms with Crippen molar-refractivity contribution in [1.82, 2.24) is 14.7 Å². The lowest BCUT2D eigenvalue weighted by molar-refractivity contribution is -0.132. The second kappa shape index (κ2) is 4.91. The Balaban J connectivity index is 2.17. The van der Waals surface area contributed by atoms with Crippen LogP contribution in [-0.4, -0.2) is 33.7 Å². The molecule has 106 valence electrons. The average Bonchev–Trinajstić information content (AvgIpc) is 2.83. The molecule has 0 spiro atoms. The van der Waals surface area contributed by atoms with Crippen LogP contribution in [0.3, 0.4) is 0 Å². The van der Waals surface area contributed by atoms with Gasteiger partial charge in [-0.05, 0) is 19.1 Å². The molecule has 1 amide bonds. The molecule has 3 rings (SSSR count). The summed E-state index contributed by atoms with van der Waals surface area (Å²) in [6.07, 6.45) is 0. The van der Waals surface area contributed by atoms with Crippen molar-refractivity contribution in [3.05, 3.63) is 27.9 Å². The first-order chi connectivity index (χ1) is 9.54. The van der Waals surface area contributed by atoms with Crippen molar-refractivity contribution in [3.63, 3.8) is 0 Å². The number of carbonyl (C=O) groups excluding carboxylic acids is 1. The fraction of sp³-hybridized carbons (Fsp3) is 0.385. The molecule has 0 radical (unpaired) electrons. The molecular weight excluding hydrogens is 299 g/mol. The van der Waals surface area contributed by atoms with Gasteiger partial charge in [-0.25, -0.2) is 0 Å². The fourth-order valence-corrected chi connectivity index (χ4v) is 3.13. The molecule has 1 aromatic heterocycles. The summed E-state index contributed by atoms with van der Waals surface area (Å²) in [5.41, 5.74) is 7.13. The van der Waals surface area contributed by atoms with Crippen molar-refractivity contribution in [2.75, 3.05) is 13.1 Å². The zero-order chi connectivity index (χ0) is 14.4. The van der Waals surface area contributed by atoms with Crippen LogP contribution in [0.15, 0.2) is 12.1 Å². The van der Waals surface area contributed by atoms with E-state index in [0.29, 0.717) is 28.7 Å². The van der Waals surface area contributed by atoms with E-state index in [-0.39, 0.29) is 18.5 Å². The van der Waals surface area contributed by atoms with Gasteiger partial charge in [0.25, 0.3) is 0 Å². The van der Waals surface area contributed by atoms with Crippen LogP contribution in [0.1, 0.15) is 18.7 Å². The molecule has 1 atom stereocenters. The number of hydrogen-bond acceptors (Lipinski definition) is 3. The van der Waals surface area contributed by atoms with Crippen molar-refractivity contribution in [2.24, 2.45) is 5.73 Å². The van der Waals surface area contributed by atoms with Crippen LogP contribution in [0.4, 0.5) is 0 Å². The highest BCUT2D eigenvalue weighted by atomic mass is 35.5. The van der Waals surface area contributed by atoms with E-state index in [4.69, 9.17) is 28.9 Å². The minimum absolute atomic E-state index is 0.0169. The summed E-state index contributed by atoms with van der Waals surface area (Å²) >= 11 is 12.2. The predicted molar refractivity (Wildman–Crippen MR) is 78.9 cm³/mol. The minimum atomic E-state index is -0.0814. The Hall–Kier alpha value is -1.30. The molecule has 1 aromatic carbocycles. The van der Waals surface area contributed by atoms with Gasteiger partial charge < -0.3 is 10.6 Å². The summed E-state index contributed by atoms with van der Waals surface area (Å²) in [7, 11) is 0. The Kier molecular flexibility index (Phi) is 3.36. The van der Waals surface area contributed by atoms with E-state index in [0.717, 1.165) is 11.1 Å². The molecule has 0 saturated carbocycles. The first-order valence-corrected chi connectivity index (χ1v) is 7.14. The topological polar surface area (TPSA) is 64.2 Å². The number of rotatable bonds is 1. The van der Waals surface area contributed by atoms with Crippen LogP contribution < -0.4 is 5.73 Å². The lowest BCUT2D eigenvalue weighted by Gasteiger charge is -2.34. The van der Waals surface area contributed by atoms with Gasteiger partial charge in [-0.3, -0.25) is 9.48 Å². The standard InChI is InChI=1S/C13H14Cl2N4O/c1-7-13-8-2-3-9(14)11(15)12(8)17-19(13)5-4-18(7)10(20)6-16/h2-3,7H,4-6,16H2,1H3. The predicted octanol–water partition coefficient (Wildman–Crippen LogP) is 2.20. The molecule has 2 N–H and O–H groups in total. The Morgan fingerprint density at radius 3 is 2.90 bits per heavy atom. The molecule has 1 aliphatic heterocycles. The van der Waals surface area contributed by atoms with Crippen molar-refractivity contribution in [3.8, 4) is 0 Å². The molecular formula is C13H14Cl2N4O. The maximum absolute atomic E-state index is 11.9. The molecule has 0 fully saturated rings. The van der Waals surface area contributed by atoms with Gasteiger partial charge in [0.2, 0.25) is 5.91 Å². The molecule has 0 bridgehead atoms. The third kappa shape index (κ3) is 1.89. The van der Waals surface area contributed by atoms with Crippen LogP contribution in [0, 0.1) is 0 Å². The van der Waals surface area contributed by atoms with Gasteiger partial charge in [0.15, 0.2) is 0 Å². The van der Waals surface area contributed by atoms with Gasteiger partial charge in [-0.2, -0.15) is 5.10 Å². The Morgan fingerprint density at radius 2 is 2.20 bits per heavy atom. The second-order valence-electron chi connectivity index (χ2n) is 4.83. The summed E-state index contributed by atoms with van der Waals surface area (Å²) in [4.78, 5) is 13.7. The number of nitrogens with two attached hydrogens (primary N) is 1. The Morgan fingerprint density at radius 1 is 1.45 bits per heavy atom. The summed E-state index contributed by atoms with van der Waals surface area (Å²) in [6.45, 7) is 3.22. The van der Waals surface area contributed by atoms with E-state index in [1.165, 1.54) is 0 Å². The first kappa shape index (κ1) is 13.7. The molecule has 7 heteroatoms. The normalized spacial score (nSPS) is 18.4. The van der Waals surface area contributed by atoms with Crippen LogP contribution in [-0.2, 0) is 11.3 Å². The number of nitrogens with zero attached hydrogens (tertiary/aromatic N) is 3. The summed E-state index contributed by atoms with van der Waals surface area (Å²) in [6, 6.07) is 3.57. The average molecular weight is 313 g/mol. The van der Waals surface area contributed by atoms with E-state index in [1.54, 1.807) is 11.0 Å². The van der Waals surface area contributed by atoms with Crippen LogP contribution in [0.2, 0.25) is 10.0 Å². The van der Waals surface area contributed by atoms with E-state index in [2.05, 4.69) is 5.10 Å². The smallest absolute Gasteiger partial charge is 0.236 e. The zero-order valence-corrected chi connectivity index (χ0v) is 12.4. The van der Waals surface area contributed by atoms with E-state index in [9.17, 15) is 4.79 Å². The SMILES string of the molecule is CC1c2c3ccc(Cl)c(Cl)c3nn2CCN1C(=O)CN. The van der Waals surface area contributed by atoms with Crippen molar-refractivity contribution >= 4 is 40.0 Å². The quantitative estimate of drug-likeness (QED) is 0.878. The number of halogens is 2. The van der Waals surface area contributed by atoms with Gasteiger partial charge >= 0.3 is 0 Å². The largest absolute Gasteiger partial charge is 0.331 e.